The lowest BCUT2D eigenvalue weighted by Crippen LogP contribution is -2.47. The molecule has 0 aliphatic rings. The maximum absolute atomic E-state index is 6.26. The normalized spacial score (nSPS) is 13.7. The van der Waals surface area contributed by atoms with Crippen LogP contribution < -0.4 is 0 Å². The quantitative estimate of drug-likeness (QED) is 0.107. The van der Waals surface area contributed by atoms with Gasteiger partial charge in [0.15, 0.2) is 0 Å². The number of aromatic nitrogens is 3. The molecule has 0 saturated heterocycles. The fraction of sp³-hybridized carbons (Fsp3) is 0.786. The molecular weight excluding hydrogens is 519 g/mol. The van der Waals surface area contributed by atoms with E-state index in [2.05, 4.69) is 83.6 Å². The Labute approximate surface area is 235 Å². The van der Waals surface area contributed by atoms with Gasteiger partial charge in [-0.2, -0.15) is 0 Å². The van der Waals surface area contributed by atoms with Gasteiger partial charge >= 0.3 is 0 Å². The van der Waals surface area contributed by atoms with Crippen molar-refractivity contribution >= 4 is 39.9 Å². The van der Waals surface area contributed by atoms with Crippen LogP contribution in [0.2, 0.25) is 0 Å². The van der Waals surface area contributed by atoms with Gasteiger partial charge in [-0.25, -0.2) is 4.68 Å². The van der Waals surface area contributed by atoms with Crippen LogP contribution in [0.3, 0.4) is 0 Å². The van der Waals surface area contributed by atoms with Crippen LogP contribution in [0.5, 0.6) is 0 Å². The van der Waals surface area contributed by atoms with Gasteiger partial charge in [-0.05, 0) is 74.3 Å². The van der Waals surface area contributed by atoms with E-state index in [1.807, 2.05) is 22.9 Å². The molecule has 1 aromatic heterocycles. The van der Waals surface area contributed by atoms with Crippen LogP contribution >= 0.6 is 17.1 Å². The topological polar surface area (TPSA) is 52.4 Å². The zero-order valence-electron chi connectivity index (χ0n) is 24.7. The average Bonchev–Trinajstić information content (AvgIpc) is 3.17. The highest BCUT2D eigenvalue weighted by atomic mass is 32.9. The number of para-hydroxylation sites is 1. The van der Waals surface area contributed by atoms with Crippen LogP contribution in [0.15, 0.2) is 24.3 Å². The second-order valence-electron chi connectivity index (χ2n) is 12.7. The van der Waals surface area contributed by atoms with Crippen molar-refractivity contribution in [3.05, 3.63) is 24.3 Å². The summed E-state index contributed by atoms with van der Waals surface area (Å²) in [5, 5.41) is 8.91. The summed E-state index contributed by atoms with van der Waals surface area (Å²) < 4.78 is 14.5. The Balaban J connectivity index is 2.31. The molecular formula is C28H51N4O2PS2. The first-order chi connectivity index (χ1) is 17.2. The van der Waals surface area contributed by atoms with Gasteiger partial charge in [-0.15, -0.1) is 5.10 Å². The van der Waals surface area contributed by atoms with E-state index in [1.165, 1.54) is 0 Å². The van der Waals surface area contributed by atoms with Gasteiger partial charge in [0.1, 0.15) is 5.52 Å². The minimum Gasteiger partial charge on any atom is -0.322 e. The van der Waals surface area contributed by atoms with E-state index in [9.17, 15) is 0 Å². The molecule has 1 aromatic carbocycles. The molecule has 212 valence electrons. The second-order valence-corrected chi connectivity index (χ2v) is 19.0. The molecule has 0 radical (unpaired) electrons. The van der Waals surface area contributed by atoms with Crippen LogP contribution in [0.25, 0.3) is 11.0 Å². The second kappa shape index (κ2) is 14.2. The molecule has 6 nitrogen and oxygen atoms in total. The van der Waals surface area contributed by atoms with Crippen LogP contribution in [-0.2, 0) is 27.5 Å². The number of rotatable bonds is 17. The highest BCUT2D eigenvalue weighted by Crippen LogP contribution is 2.61. The smallest absolute Gasteiger partial charge is 0.248 e. The summed E-state index contributed by atoms with van der Waals surface area (Å²) in [6.07, 6.45) is 6.34. The Kier molecular flexibility index (Phi) is 12.6. The van der Waals surface area contributed by atoms with Crippen molar-refractivity contribution in [2.24, 2.45) is 10.8 Å². The summed E-state index contributed by atoms with van der Waals surface area (Å²) >= 11 is 7.72. The molecule has 0 amide bonds. The monoisotopic (exact) mass is 570 g/mol. The Hall–Kier alpha value is -0.500. The van der Waals surface area contributed by atoms with Crippen molar-refractivity contribution in [1.82, 2.24) is 19.9 Å². The zero-order valence-corrected chi connectivity index (χ0v) is 27.3. The molecule has 0 bridgehead atoms. The lowest BCUT2D eigenvalue weighted by molar-refractivity contribution is 0.0459. The van der Waals surface area contributed by atoms with E-state index in [1.54, 1.807) is 11.4 Å². The third-order valence-corrected chi connectivity index (χ3v) is 11.6. The molecule has 9 heteroatoms. The highest BCUT2D eigenvalue weighted by Gasteiger charge is 2.37. The lowest BCUT2D eigenvalue weighted by atomic mass is 9.70. The molecule has 0 aliphatic heterocycles. The summed E-state index contributed by atoms with van der Waals surface area (Å²) in [6, 6.07) is 8.15. The Morgan fingerprint density at radius 2 is 1.54 bits per heavy atom. The third kappa shape index (κ3) is 11.3. The molecule has 0 saturated carbocycles. The predicted octanol–water partition coefficient (Wildman–Crippen LogP) is 8.87. The molecule has 0 fully saturated rings. The fourth-order valence-electron chi connectivity index (χ4n) is 5.27. The van der Waals surface area contributed by atoms with Gasteiger partial charge in [-0.3, -0.25) is 4.90 Å². The van der Waals surface area contributed by atoms with Gasteiger partial charge in [0.25, 0.3) is 0 Å². The van der Waals surface area contributed by atoms with Crippen LogP contribution in [-0.4, -0.2) is 44.5 Å². The number of fused-ring (bicyclic) bond motifs is 1. The van der Waals surface area contributed by atoms with Crippen molar-refractivity contribution in [2.75, 3.05) is 19.1 Å². The van der Waals surface area contributed by atoms with E-state index in [0.29, 0.717) is 25.8 Å². The Morgan fingerprint density at radius 1 is 0.946 bits per heavy atom. The molecule has 1 heterocycles. The summed E-state index contributed by atoms with van der Waals surface area (Å²) in [5.41, 5.74) is -0.178. The number of benzene rings is 1. The number of nitrogens with zero attached hydrogens (tertiary/aromatic N) is 4. The molecule has 0 atom stereocenters. The lowest BCUT2D eigenvalue weighted by Gasteiger charge is -2.45. The zero-order chi connectivity index (χ0) is 27.7. The first-order valence-corrected chi connectivity index (χ1v) is 18.0. The van der Waals surface area contributed by atoms with Crippen LogP contribution in [0, 0.1) is 10.8 Å². The maximum Gasteiger partial charge on any atom is 0.248 e. The SMILES string of the molecule is CCCCOP(=S)(OCCCC)SCN(Cn1nnc2ccccc21)C(C)(C)CC(C)(C)CC(C)(C)C. The molecule has 37 heavy (non-hydrogen) atoms. The van der Waals surface area contributed by atoms with E-state index < -0.39 is 5.69 Å². The first-order valence-electron chi connectivity index (χ1n) is 13.8. The van der Waals surface area contributed by atoms with Crippen molar-refractivity contribution < 1.29 is 9.05 Å². The number of unbranched alkanes of at least 4 members (excludes halogenated alkanes) is 2. The van der Waals surface area contributed by atoms with Gasteiger partial charge in [0.05, 0.1) is 31.3 Å². The molecule has 2 rings (SSSR count). The minimum atomic E-state index is -2.46. The fourth-order valence-corrected chi connectivity index (χ4v) is 9.51. The van der Waals surface area contributed by atoms with Crippen LogP contribution in [0.1, 0.15) is 101 Å². The molecule has 2 aromatic rings. The average molecular weight is 571 g/mol. The van der Waals surface area contributed by atoms with E-state index >= 15 is 0 Å². The number of hydrogen-bond acceptors (Lipinski definition) is 7. The first kappa shape index (κ1) is 32.7. The molecule has 0 aliphatic carbocycles. The summed E-state index contributed by atoms with van der Waals surface area (Å²) in [7, 11) is 0. The van der Waals surface area contributed by atoms with Crippen molar-refractivity contribution in [3.8, 4) is 0 Å². The number of hydrogen-bond donors (Lipinski definition) is 0. The molecule has 0 N–H and O–H groups in total. The summed E-state index contributed by atoms with van der Waals surface area (Å²) in [6.45, 7) is 22.7. The van der Waals surface area contributed by atoms with Crippen molar-refractivity contribution in [2.45, 2.75) is 113 Å². The minimum absolute atomic E-state index is 0.109. The van der Waals surface area contributed by atoms with Gasteiger partial charge in [0, 0.05) is 5.54 Å². The van der Waals surface area contributed by atoms with E-state index in [0.717, 1.165) is 49.6 Å². The van der Waals surface area contributed by atoms with Gasteiger partial charge < -0.3 is 9.05 Å². The highest BCUT2D eigenvalue weighted by molar-refractivity contribution is 8.67. The van der Waals surface area contributed by atoms with E-state index in [4.69, 9.17) is 20.9 Å². The molecule has 0 unspecified atom stereocenters. The van der Waals surface area contributed by atoms with E-state index in [-0.39, 0.29) is 16.4 Å². The van der Waals surface area contributed by atoms with Crippen molar-refractivity contribution in [1.29, 1.82) is 0 Å². The van der Waals surface area contributed by atoms with Crippen molar-refractivity contribution in [3.63, 3.8) is 0 Å². The van der Waals surface area contributed by atoms with Crippen LogP contribution in [0.4, 0.5) is 0 Å². The molecule has 0 spiro atoms. The Morgan fingerprint density at radius 3 is 2.11 bits per heavy atom. The maximum atomic E-state index is 6.26. The Bertz CT molecular complexity index is 989. The largest absolute Gasteiger partial charge is 0.322 e. The standard InChI is InChI=1S/C28H51N4O2PS2/c1-10-12-18-33-35(36,34-19-13-11-2)37-23-31(22-32-25-17-15-14-16-24(25)29-30-32)28(8,9)21-27(6,7)20-26(3,4)5/h14-17H,10-13,18-23H2,1-9H3. The van der Waals surface area contributed by atoms with Gasteiger partial charge in [-0.1, -0.05) is 90.0 Å². The summed E-state index contributed by atoms with van der Waals surface area (Å²) in [4.78, 5) is 2.48. The van der Waals surface area contributed by atoms with Gasteiger partial charge in [0.2, 0.25) is 5.69 Å². The predicted molar refractivity (Wildman–Crippen MR) is 164 cm³/mol. The summed E-state index contributed by atoms with van der Waals surface area (Å²) in [5.74, 6) is 0.711. The third-order valence-electron chi connectivity index (χ3n) is 6.37.